The van der Waals surface area contributed by atoms with E-state index in [9.17, 15) is 19.8 Å². The van der Waals surface area contributed by atoms with Gasteiger partial charge in [-0.25, -0.2) is 4.98 Å². The van der Waals surface area contributed by atoms with E-state index in [0.29, 0.717) is 40.7 Å². The molecule has 1 aliphatic heterocycles. The number of ether oxygens (including phenoxy) is 1. The Morgan fingerprint density at radius 2 is 1.80 bits per heavy atom. The number of nitrogens with zero attached hydrogens (tertiary/aromatic N) is 2. The van der Waals surface area contributed by atoms with E-state index in [1.165, 1.54) is 28.4 Å². The molecule has 0 spiro atoms. The minimum absolute atomic E-state index is 0.0248. The van der Waals surface area contributed by atoms with Crippen LogP contribution in [0.3, 0.4) is 0 Å². The Morgan fingerprint density at radius 1 is 1.11 bits per heavy atom. The van der Waals surface area contributed by atoms with Gasteiger partial charge < -0.3 is 19.8 Å². The number of aromatic hydroxyl groups is 1. The van der Waals surface area contributed by atoms with Gasteiger partial charge in [-0.05, 0) is 44.9 Å². The third-order valence-corrected chi connectivity index (χ3v) is 6.98. The summed E-state index contributed by atoms with van der Waals surface area (Å²) in [6.45, 7) is 6.37. The van der Waals surface area contributed by atoms with E-state index in [1.54, 1.807) is 19.1 Å². The number of phenols is 1. The van der Waals surface area contributed by atoms with Crippen LogP contribution in [0.15, 0.2) is 65.9 Å². The SMILES string of the molecule is Cc1nc(-c2ccccc2)sc1C(=O)C1=C(O)C(=O)N(CCCOC(C)C)C1c1ccc(O)cc1. The third kappa shape index (κ3) is 5.13. The Hall–Kier alpha value is -3.49. The summed E-state index contributed by atoms with van der Waals surface area (Å²) in [5.41, 5.74) is 2.08. The zero-order chi connectivity index (χ0) is 25.1. The Morgan fingerprint density at radius 3 is 2.46 bits per heavy atom. The molecule has 1 aliphatic rings. The number of carbonyl (C=O) groups excluding carboxylic acids is 2. The van der Waals surface area contributed by atoms with Crippen LogP contribution in [0.25, 0.3) is 10.6 Å². The highest BCUT2D eigenvalue weighted by atomic mass is 32.1. The molecule has 2 aromatic carbocycles. The Kier molecular flexibility index (Phi) is 7.33. The van der Waals surface area contributed by atoms with Crippen molar-refractivity contribution in [2.24, 2.45) is 0 Å². The summed E-state index contributed by atoms with van der Waals surface area (Å²) in [6.07, 6.45) is 0.610. The van der Waals surface area contributed by atoms with Crippen molar-refractivity contribution in [3.8, 4) is 16.3 Å². The molecule has 0 aliphatic carbocycles. The van der Waals surface area contributed by atoms with Crippen LogP contribution in [0.2, 0.25) is 0 Å². The quantitative estimate of drug-likeness (QED) is 0.314. The van der Waals surface area contributed by atoms with Crippen LogP contribution >= 0.6 is 11.3 Å². The standard InChI is InChI=1S/C27H28N2O5S/c1-16(2)34-15-7-14-29-22(18-10-12-20(30)13-11-18)21(24(32)27(29)33)23(31)25-17(3)28-26(35-25)19-8-5-4-6-9-19/h4-6,8-13,16,22,30,32H,7,14-15H2,1-3H3. The van der Waals surface area contributed by atoms with E-state index < -0.39 is 23.5 Å². The zero-order valence-corrected chi connectivity index (χ0v) is 20.7. The lowest BCUT2D eigenvalue weighted by molar-refractivity contribution is -0.129. The molecule has 1 amide bonds. The first-order valence-corrected chi connectivity index (χ1v) is 12.3. The van der Waals surface area contributed by atoms with Crippen LogP contribution in [-0.2, 0) is 9.53 Å². The van der Waals surface area contributed by atoms with Gasteiger partial charge in [0.1, 0.15) is 10.8 Å². The summed E-state index contributed by atoms with van der Waals surface area (Å²) in [4.78, 5) is 33.3. The van der Waals surface area contributed by atoms with E-state index in [-0.39, 0.29) is 17.4 Å². The van der Waals surface area contributed by atoms with E-state index in [0.717, 1.165) is 5.56 Å². The van der Waals surface area contributed by atoms with Gasteiger partial charge in [0, 0.05) is 18.7 Å². The number of amides is 1. The van der Waals surface area contributed by atoms with Gasteiger partial charge in [-0.3, -0.25) is 9.59 Å². The fraction of sp³-hybridized carbons (Fsp3) is 0.296. The predicted octanol–water partition coefficient (Wildman–Crippen LogP) is 5.22. The zero-order valence-electron chi connectivity index (χ0n) is 19.9. The second kappa shape index (κ2) is 10.4. The number of thiazole rings is 1. The first-order valence-electron chi connectivity index (χ1n) is 11.5. The van der Waals surface area contributed by atoms with Gasteiger partial charge in [-0.2, -0.15) is 0 Å². The van der Waals surface area contributed by atoms with Crippen molar-refractivity contribution >= 4 is 23.0 Å². The molecule has 0 saturated carbocycles. The van der Waals surface area contributed by atoms with Gasteiger partial charge in [-0.15, -0.1) is 11.3 Å². The van der Waals surface area contributed by atoms with E-state index >= 15 is 0 Å². The molecule has 7 nitrogen and oxygen atoms in total. The second-order valence-electron chi connectivity index (χ2n) is 8.66. The van der Waals surface area contributed by atoms with Crippen molar-refractivity contribution in [1.29, 1.82) is 0 Å². The molecular weight excluding hydrogens is 464 g/mol. The number of aromatic nitrogens is 1. The molecule has 1 unspecified atom stereocenters. The number of aliphatic hydroxyl groups excluding tert-OH is 1. The van der Waals surface area contributed by atoms with Gasteiger partial charge in [0.2, 0.25) is 5.78 Å². The monoisotopic (exact) mass is 492 g/mol. The minimum Gasteiger partial charge on any atom is -0.508 e. The first kappa shape index (κ1) is 24.6. The summed E-state index contributed by atoms with van der Waals surface area (Å²) >= 11 is 1.24. The van der Waals surface area contributed by atoms with Crippen LogP contribution in [-0.4, -0.2) is 51.0 Å². The maximum atomic E-state index is 13.8. The maximum absolute atomic E-state index is 13.8. The van der Waals surface area contributed by atoms with Crippen LogP contribution in [0.4, 0.5) is 0 Å². The summed E-state index contributed by atoms with van der Waals surface area (Å²) in [7, 11) is 0. The number of carbonyl (C=O) groups is 2. The third-order valence-electron chi connectivity index (χ3n) is 5.78. The van der Waals surface area contributed by atoms with Gasteiger partial charge in [0.15, 0.2) is 5.76 Å². The molecular formula is C27H28N2O5S. The summed E-state index contributed by atoms with van der Waals surface area (Å²) < 4.78 is 5.60. The number of ketones is 1. The molecule has 2 N–H and O–H groups in total. The van der Waals surface area contributed by atoms with Crippen molar-refractivity contribution < 1.29 is 24.5 Å². The first-order chi connectivity index (χ1) is 16.8. The number of phenolic OH excluding ortho intramolecular Hbond substituents is 1. The number of benzene rings is 2. The van der Waals surface area contributed by atoms with Crippen LogP contribution < -0.4 is 0 Å². The van der Waals surface area contributed by atoms with Gasteiger partial charge in [0.25, 0.3) is 5.91 Å². The molecule has 0 fully saturated rings. The molecule has 35 heavy (non-hydrogen) atoms. The second-order valence-corrected chi connectivity index (χ2v) is 9.66. The lowest BCUT2D eigenvalue weighted by atomic mass is 9.95. The highest BCUT2D eigenvalue weighted by Gasteiger charge is 2.44. The van der Waals surface area contributed by atoms with Crippen molar-refractivity contribution in [2.45, 2.75) is 39.3 Å². The largest absolute Gasteiger partial charge is 0.508 e. The lowest BCUT2D eigenvalue weighted by Crippen LogP contribution is -2.32. The normalized spacial score (nSPS) is 15.9. The fourth-order valence-corrected chi connectivity index (χ4v) is 5.13. The van der Waals surface area contributed by atoms with Crippen LogP contribution in [0, 0.1) is 6.92 Å². The van der Waals surface area contributed by atoms with Crippen molar-refractivity contribution in [2.75, 3.05) is 13.2 Å². The average Bonchev–Trinajstić information content (AvgIpc) is 3.35. The smallest absolute Gasteiger partial charge is 0.290 e. The highest BCUT2D eigenvalue weighted by Crippen LogP contribution is 2.41. The Bertz CT molecular complexity index is 1250. The van der Waals surface area contributed by atoms with Crippen LogP contribution in [0.1, 0.15) is 47.2 Å². The molecule has 1 aromatic heterocycles. The molecule has 1 atom stereocenters. The Labute approximate surface area is 208 Å². The number of Topliss-reactive ketones (excluding diaryl/α,β-unsaturated/α-hetero) is 1. The molecule has 0 radical (unpaired) electrons. The molecule has 2 heterocycles. The summed E-state index contributed by atoms with van der Waals surface area (Å²) in [6, 6.07) is 15.1. The van der Waals surface area contributed by atoms with Crippen molar-refractivity contribution in [3.63, 3.8) is 0 Å². The molecule has 4 rings (SSSR count). The lowest BCUT2D eigenvalue weighted by Gasteiger charge is -2.27. The molecule has 182 valence electrons. The average molecular weight is 493 g/mol. The van der Waals surface area contributed by atoms with E-state index in [1.807, 2.05) is 44.2 Å². The van der Waals surface area contributed by atoms with E-state index in [4.69, 9.17) is 4.74 Å². The van der Waals surface area contributed by atoms with E-state index in [2.05, 4.69) is 4.98 Å². The maximum Gasteiger partial charge on any atom is 0.290 e. The topological polar surface area (TPSA) is 100.0 Å². The number of hydrogen-bond donors (Lipinski definition) is 2. The van der Waals surface area contributed by atoms with Crippen molar-refractivity contribution in [1.82, 2.24) is 9.88 Å². The number of rotatable bonds is 9. The number of hydrogen-bond acceptors (Lipinski definition) is 7. The summed E-state index contributed by atoms with van der Waals surface area (Å²) in [5.74, 6) is -1.50. The number of aryl methyl sites for hydroxylation is 1. The molecule has 3 aromatic rings. The molecule has 0 bridgehead atoms. The molecule has 8 heteroatoms. The fourth-order valence-electron chi connectivity index (χ4n) is 4.11. The van der Waals surface area contributed by atoms with Gasteiger partial charge >= 0.3 is 0 Å². The van der Waals surface area contributed by atoms with Gasteiger partial charge in [0.05, 0.1) is 28.3 Å². The predicted molar refractivity (Wildman–Crippen MR) is 135 cm³/mol. The highest BCUT2D eigenvalue weighted by molar-refractivity contribution is 7.17. The summed E-state index contributed by atoms with van der Waals surface area (Å²) in [5, 5.41) is 21.3. The van der Waals surface area contributed by atoms with Crippen LogP contribution in [0.5, 0.6) is 5.75 Å². The number of aliphatic hydroxyl groups is 1. The molecule has 0 saturated heterocycles. The van der Waals surface area contributed by atoms with Gasteiger partial charge in [-0.1, -0.05) is 42.5 Å². The Balaban J connectivity index is 1.70. The minimum atomic E-state index is -0.781. The van der Waals surface area contributed by atoms with Crippen molar-refractivity contribution in [3.05, 3.63) is 82.1 Å².